The Kier molecular flexibility index (Phi) is 10.4. The monoisotopic (exact) mass is 559 g/mol. The van der Waals surface area contributed by atoms with Crippen LogP contribution >= 0.6 is 0 Å². The maximum atomic E-state index is 13.7. The van der Waals surface area contributed by atoms with Gasteiger partial charge in [-0.15, -0.1) is 0 Å². The zero-order chi connectivity index (χ0) is 29.4. The number of benzene rings is 3. The number of nitrogens with one attached hydrogen (secondary N) is 1. The molecule has 1 aliphatic heterocycles. The van der Waals surface area contributed by atoms with E-state index in [0.29, 0.717) is 41.5 Å². The second-order valence-corrected chi connectivity index (χ2v) is 10.7. The first kappa shape index (κ1) is 30.1. The van der Waals surface area contributed by atoms with Crippen molar-refractivity contribution in [1.29, 1.82) is 0 Å². The molecule has 0 radical (unpaired) electrons. The molecule has 1 heterocycles. The number of rotatable bonds is 7. The quantitative estimate of drug-likeness (QED) is 0.439. The molecule has 0 fully saturated rings. The van der Waals surface area contributed by atoms with E-state index in [0.717, 1.165) is 19.5 Å². The molecular formula is C33H41N3O5. The van der Waals surface area contributed by atoms with E-state index in [1.165, 1.54) is 5.56 Å². The summed E-state index contributed by atoms with van der Waals surface area (Å²) in [6.07, 6.45) is 0.788. The molecule has 0 aliphatic carbocycles. The fourth-order valence-electron chi connectivity index (χ4n) is 5.13. The van der Waals surface area contributed by atoms with Crippen molar-refractivity contribution in [2.75, 3.05) is 52.8 Å². The molecule has 0 aromatic heterocycles. The van der Waals surface area contributed by atoms with Crippen molar-refractivity contribution in [2.45, 2.75) is 32.4 Å². The van der Waals surface area contributed by atoms with E-state index in [1.807, 2.05) is 6.07 Å². The summed E-state index contributed by atoms with van der Waals surface area (Å²) in [6.45, 7) is 6.87. The van der Waals surface area contributed by atoms with E-state index in [1.54, 1.807) is 68.6 Å². The van der Waals surface area contributed by atoms with Crippen LogP contribution in [0.2, 0.25) is 0 Å². The maximum absolute atomic E-state index is 13.7. The van der Waals surface area contributed by atoms with Gasteiger partial charge in [-0.1, -0.05) is 43.3 Å². The van der Waals surface area contributed by atoms with Gasteiger partial charge in [0.15, 0.2) is 0 Å². The molecule has 2 amide bonds. The van der Waals surface area contributed by atoms with Gasteiger partial charge in [-0.25, -0.2) is 0 Å². The molecule has 0 saturated carbocycles. The van der Waals surface area contributed by atoms with Gasteiger partial charge in [0.25, 0.3) is 11.8 Å². The highest BCUT2D eigenvalue weighted by Gasteiger charge is 2.28. The first-order chi connectivity index (χ1) is 19.8. The van der Waals surface area contributed by atoms with Gasteiger partial charge in [-0.05, 0) is 61.2 Å². The number of amides is 2. The average Bonchev–Trinajstić information content (AvgIpc) is 3.00. The summed E-state index contributed by atoms with van der Waals surface area (Å²) < 4.78 is 17.4. The van der Waals surface area contributed by atoms with Gasteiger partial charge in [0, 0.05) is 51.1 Å². The smallest absolute Gasteiger partial charge is 0.257 e. The van der Waals surface area contributed by atoms with Crippen molar-refractivity contribution in [3.8, 4) is 11.5 Å². The fraction of sp³-hybridized carbons (Fsp3) is 0.394. The van der Waals surface area contributed by atoms with Gasteiger partial charge in [0.2, 0.25) is 0 Å². The molecule has 0 unspecified atom stereocenters. The lowest BCUT2D eigenvalue weighted by Crippen LogP contribution is -2.47. The van der Waals surface area contributed by atoms with Crippen molar-refractivity contribution >= 4 is 17.5 Å². The highest BCUT2D eigenvalue weighted by atomic mass is 16.5. The van der Waals surface area contributed by atoms with Crippen LogP contribution in [0.4, 0.5) is 5.69 Å². The van der Waals surface area contributed by atoms with Crippen LogP contribution in [0.25, 0.3) is 0 Å². The molecule has 0 bridgehead atoms. The number of fused-ring (bicyclic) bond motifs is 1. The first-order valence-corrected chi connectivity index (χ1v) is 14.1. The number of hydrogen-bond donors (Lipinski definition) is 1. The third-order valence-electron chi connectivity index (χ3n) is 7.69. The highest BCUT2D eigenvalue weighted by molar-refractivity contribution is 6.05. The summed E-state index contributed by atoms with van der Waals surface area (Å²) in [5.41, 5.74) is 2.64. The second kappa shape index (κ2) is 14.1. The zero-order valence-electron chi connectivity index (χ0n) is 24.6. The second-order valence-electron chi connectivity index (χ2n) is 10.7. The molecule has 8 heteroatoms. The SMILES string of the molecule is COc1cccc(C(=O)Nc2ccc3c(c2)C(=O)N(C)C[C@H](OC)[C@H](C)CN(CCc2ccccc2)[C@H](C)CO3)c1. The van der Waals surface area contributed by atoms with Gasteiger partial charge in [0.05, 0.1) is 18.8 Å². The van der Waals surface area contributed by atoms with E-state index in [9.17, 15) is 9.59 Å². The Balaban J connectivity index is 1.58. The molecule has 218 valence electrons. The lowest BCUT2D eigenvalue weighted by atomic mass is 10.0. The summed E-state index contributed by atoms with van der Waals surface area (Å²) >= 11 is 0. The Labute approximate surface area is 243 Å². The van der Waals surface area contributed by atoms with Crippen molar-refractivity contribution in [2.24, 2.45) is 5.92 Å². The highest BCUT2D eigenvalue weighted by Crippen LogP contribution is 2.27. The van der Waals surface area contributed by atoms with E-state index >= 15 is 0 Å². The summed E-state index contributed by atoms with van der Waals surface area (Å²) in [5, 5.41) is 2.90. The van der Waals surface area contributed by atoms with Crippen molar-refractivity contribution in [3.63, 3.8) is 0 Å². The normalized spacial score (nSPS) is 20.3. The Hall–Kier alpha value is -3.88. The van der Waals surface area contributed by atoms with Gasteiger partial charge in [-0.2, -0.15) is 0 Å². The number of hydrogen-bond acceptors (Lipinski definition) is 6. The van der Waals surface area contributed by atoms with Crippen LogP contribution in [0.3, 0.4) is 0 Å². The molecule has 3 aromatic rings. The third-order valence-corrected chi connectivity index (χ3v) is 7.69. The Bertz CT molecular complexity index is 1320. The Morgan fingerprint density at radius 1 is 1.00 bits per heavy atom. The molecule has 3 atom stereocenters. The van der Waals surface area contributed by atoms with Crippen LogP contribution in [0, 0.1) is 5.92 Å². The standard InChI is InChI=1S/C33H41N3O5/c1-23-20-36(17-16-25-10-7-6-8-11-25)24(2)22-41-30-15-14-27(19-29(30)33(38)35(3)21-31(23)40-5)34-32(37)26-12-9-13-28(18-26)39-4/h6-15,18-19,23-24,31H,16-17,20-22H2,1-5H3,(H,34,37)/t23-,24-,31+/m1/s1. The molecule has 1 aliphatic rings. The first-order valence-electron chi connectivity index (χ1n) is 14.1. The molecule has 0 spiro atoms. The largest absolute Gasteiger partial charge is 0.497 e. The van der Waals surface area contributed by atoms with Crippen molar-refractivity contribution in [3.05, 3.63) is 89.5 Å². The summed E-state index contributed by atoms with van der Waals surface area (Å²) in [6, 6.07) is 22.7. The number of methoxy groups -OCH3 is 2. The van der Waals surface area contributed by atoms with E-state index < -0.39 is 0 Å². The molecule has 0 saturated heterocycles. The van der Waals surface area contributed by atoms with Gasteiger partial charge < -0.3 is 24.4 Å². The minimum absolute atomic E-state index is 0.103. The summed E-state index contributed by atoms with van der Waals surface area (Å²) in [7, 11) is 5.03. The van der Waals surface area contributed by atoms with E-state index in [4.69, 9.17) is 14.2 Å². The Morgan fingerprint density at radius 2 is 1.78 bits per heavy atom. The minimum Gasteiger partial charge on any atom is -0.497 e. The fourth-order valence-corrected chi connectivity index (χ4v) is 5.13. The number of likely N-dealkylation sites (N-methyl/N-ethyl adjacent to an activating group) is 1. The molecule has 8 nitrogen and oxygen atoms in total. The van der Waals surface area contributed by atoms with Crippen LogP contribution in [0.5, 0.6) is 11.5 Å². The summed E-state index contributed by atoms with van der Waals surface area (Å²) in [5.74, 6) is 0.768. The topological polar surface area (TPSA) is 80.3 Å². The number of nitrogens with zero attached hydrogens (tertiary/aromatic N) is 2. The molecular weight excluding hydrogens is 518 g/mol. The van der Waals surface area contributed by atoms with Gasteiger partial charge in [0.1, 0.15) is 18.1 Å². The van der Waals surface area contributed by atoms with Gasteiger partial charge >= 0.3 is 0 Å². The Morgan fingerprint density at radius 3 is 2.51 bits per heavy atom. The lowest BCUT2D eigenvalue weighted by Gasteiger charge is -2.36. The van der Waals surface area contributed by atoms with Gasteiger partial charge in [-0.3, -0.25) is 14.5 Å². The predicted octanol–water partition coefficient (Wildman–Crippen LogP) is 5.00. The van der Waals surface area contributed by atoms with Crippen LogP contribution in [-0.2, 0) is 11.2 Å². The van der Waals surface area contributed by atoms with Crippen LogP contribution < -0.4 is 14.8 Å². The minimum atomic E-state index is -0.297. The van der Waals surface area contributed by atoms with Crippen LogP contribution in [0.15, 0.2) is 72.8 Å². The summed E-state index contributed by atoms with van der Waals surface area (Å²) in [4.78, 5) is 30.7. The van der Waals surface area contributed by atoms with Crippen LogP contribution in [-0.4, -0.2) is 81.3 Å². The molecule has 1 N–H and O–H groups in total. The maximum Gasteiger partial charge on any atom is 0.257 e. The number of anilines is 1. The molecule has 41 heavy (non-hydrogen) atoms. The lowest BCUT2D eigenvalue weighted by molar-refractivity contribution is 0.0109. The number of carbonyl (C=O) groups excluding carboxylic acids is 2. The predicted molar refractivity (Wildman–Crippen MR) is 161 cm³/mol. The third kappa shape index (κ3) is 7.86. The van der Waals surface area contributed by atoms with Crippen molar-refractivity contribution in [1.82, 2.24) is 9.80 Å². The average molecular weight is 560 g/mol. The molecule has 4 rings (SSSR count). The number of ether oxygens (including phenoxy) is 3. The van der Waals surface area contributed by atoms with Crippen LogP contribution in [0.1, 0.15) is 40.1 Å². The number of carbonyl (C=O) groups is 2. The zero-order valence-corrected chi connectivity index (χ0v) is 24.6. The van der Waals surface area contributed by atoms with E-state index in [-0.39, 0.29) is 29.9 Å². The van der Waals surface area contributed by atoms with E-state index in [2.05, 4.69) is 48.3 Å². The molecule has 3 aromatic carbocycles. The van der Waals surface area contributed by atoms with Crippen molar-refractivity contribution < 1.29 is 23.8 Å².